The van der Waals surface area contributed by atoms with Crippen LogP contribution in [0.3, 0.4) is 0 Å². The molecule has 1 saturated heterocycles. The Morgan fingerprint density at radius 3 is 2.91 bits per heavy atom. The van der Waals surface area contributed by atoms with E-state index in [0.717, 1.165) is 49.7 Å². The molecule has 0 radical (unpaired) electrons. The second-order valence-electron chi connectivity index (χ2n) is 6.03. The highest BCUT2D eigenvalue weighted by Crippen LogP contribution is 2.21. The zero-order valence-electron chi connectivity index (χ0n) is 13.4. The molecule has 0 aliphatic carbocycles. The topological polar surface area (TPSA) is 58.1 Å². The molecule has 1 N–H and O–H groups in total. The van der Waals surface area contributed by atoms with Crippen LogP contribution in [0.1, 0.15) is 25.5 Å². The molecule has 3 rings (SSSR count). The average molecular weight is 310 g/mol. The van der Waals surface area contributed by atoms with E-state index in [1.165, 1.54) is 0 Å². The van der Waals surface area contributed by atoms with Crippen molar-refractivity contribution in [2.75, 3.05) is 18.4 Å². The lowest BCUT2D eigenvalue weighted by molar-refractivity contribution is -0.130. The summed E-state index contributed by atoms with van der Waals surface area (Å²) in [5, 5.41) is 3.22. The van der Waals surface area contributed by atoms with Gasteiger partial charge in [-0.1, -0.05) is 12.1 Å². The highest BCUT2D eigenvalue weighted by Gasteiger charge is 2.22. The number of amides is 1. The van der Waals surface area contributed by atoms with Crippen molar-refractivity contribution in [1.82, 2.24) is 14.9 Å². The Labute approximate surface area is 136 Å². The van der Waals surface area contributed by atoms with Crippen LogP contribution < -0.4 is 5.32 Å². The molecule has 2 aromatic heterocycles. The van der Waals surface area contributed by atoms with Gasteiger partial charge in [0.25, 0.3) is 0 Å². The van der Waals surface area contributed by atoms with Gasteiger partial charge in [-0.25, -0.2) is 9.97 Å². The lowest BCUT2D eigenvalue weighted by atomic mass is 9.93. The number of likely N-dealkylation sites (tertiary alicyclic amines) is 1. The molecule has 0 unspecified atom stereocenters. The maximum Gasteiger partial charge on any atom is 0.219 e. The summed E-state index contributed by atoms with van der Waals surface area (Å²) in [5.74, 6) is 2.26. The highest BCUT2D eigenvalue weighted by molar-refractivity contribution is 5.73. The van der Waals surface area contributed by atoms with Gasteiger partial charge in [0.1, 0.15) is 11.6 Å². The van der Waals surface area contributed by atoms with Gasteiger partial charge in [0, 0.05) is 31.9 Å². The van der Waals surface area contributed by atoms with Crippen LogP contribution in [0.2, 0.25) is 0 Å². The summed E-state index contributed by atoms with van der Waals surface area (Å²) in [4.78, 5) is 22.4. The van der Waals surface area contributed by atoms with Gasteiger partial charge in [0.2, 0.25) is 5.91 Å². The van der Waals surface area contributed by atoms with Gasteiger partial charge in [-0.3, -0.25) is 4.79 Å². The average Bonchev–Trinajstić information content (AvgIpc) is 2.56. The summed E-state index contributed by atoms with van der Waals surface area (Å²) in [5.41, 5.74) is 1.06. The molecule has 5 nitrogen and oxygen atoms in total. The maximum atomic E-state index is 11.5. The van der Waals surface area contributed by atoms with Crippen LogP contribution in [-0.4, -0.2) is 33.9 Å². The first kappa shape index (κ1) is 15.5. The predicted octanol–water partition coefficient (Wildman–Crippen LogP) is 3.02. The molecular formula is C18H22N4O. The van der Waals surface area contributed by atoms with Crippen LogP contribution in [0.5, 0.6) is 0 Å². The van der Waals surface area contributed by atoms with Gasteiger partial charge < -0.3 is 10.2 Å². The summed E-state index contributed by atoms with van der Waals surface area (Å²) in [6, 6.07) is 11.8. The van der Waals surface area contributed by atoms with E-state index < -0.39 is 0 Å². The normalized spacial score (nSPS) is 17.8. The third kappa shape index (κ3) is 4.28. The Morgan fingerprint density at radius 2 is 2.13 bits per heavy atom. The van der Waals surface area contributed by atoms with Crippen molar-refractivity contribution in [2.24, 2.45) is 5.92 Å². The quantitative estimate of drug-likeness (QED) is 0.943. The van der Waals surface area contributed by atoms with Crippen molar-refractivity contribution in [3.8, 4) is 0 Å². The number of rotatable bonds is 4. The van der Waals surface area contributed by atoms with Crippen LogP contribution in [-0.2, 0) is 11.2 Å². The molecule has 1 atom stereocenters. The number of piperidine rings is 1. The highest BCUT2D eigenvalue weighted by atomic mass is 16.2. The summed E-state index contributed by atoms with van der Waals surface area (Å²) < 4.78 is 0. The Bertz CT molecular complexity index is 659. The number of nitrogens with zero attached hydrogens (tertiary/aromatic N) is 3. The molecule has 23 heavy (non-hydrogen) atoms. The fourth-order valence-electron chi connectivity index (χ4n) is 3.04. The van der Waals surface area contributed by atoms with Crippen LogP contribution in [0.15, 0.2) is 42.6 Å². The number of anilines is 2. The third-order valence-electron chi connectivity index (χ3n) is 4.19. The van der Waals surface area contributed by atoms with Crippen molar-refractivity contribution in [3.63, 3.8) is 0 Å². The van der Waals surface area contributed by atoms with E-state index in [1.54, 1.807) is 13.1 Å². The minimum Gasteiger partial charge on any atom is -0.343 e. The molecule has 3 heterocycles. The SMILES string of the molecule is CC(=O)N1CCC[C@H](Cc2cccc(Nc3ccccn3)n2)C1. The van der Waals surface area contributed by atoms with Crippen molar-refractivity contribution in [3.05, 3.63) is 48.3 Å². The Balaban J connectivity index is 1.64. The molecule has 1 aliphatic rings. The number of pyridine rings is 2. The number of carbonyl (C=O) groups excluding carboxylic acids is 1. The number of aromatic nitrogens is 2. The smallest absolute Gasteiger partial charge is 0.219 e. The van der Waals surface area contributed by atoms with Crippen molar-refractivity contribution in [1.29, 1.82) is 0 Å². The van der Waals surface area contributed by atoms with Crippen molar-refractivity contribution >= 4 is 17.5 Å². The lowest BCUT2D eigenvalue weighted by Crippen LogP contribution is -2.39. The van der Waals surface area contributed by atoms with Crippen molar-refractivity contribution in [2.45, 2.75) is 26.2 Å². The van der Waals surface area contributed by atoms with E-state index in [0.29, 0.717) is 5.92 Å². The summed E-state index contributed by atoms with van der Waals surface area (Å²) in [6.07, 6.45) is 4.89. The largest absolute Gasteiger partial charge is 0.343 e. The van der Waals surface area contributed by atoms with E-state index in [2.05, 4.69) is 21.4 Å². The van der Waals surface area contributed by atoms with E-state index in [1.807, 2.05) is 35.2 Å². The van der Waals surface area contributed by atoms with Gasteiger partial charge >= 0.3 is 0 Å². The van der Waals surface area contributed by atoms with Crippen molar-refractivity contribution < 1.29 is 4.79 Å². The Kier molecular flexibility index (Phi) is 4.86. The van der Waals surface area contributed by atoms with Crippen LogP contribution >= 0.6 is 0 Å². The molecule has 2 aromatic rings. The molecule has 1 aliphatic heterocycles. The Hall–Kier alpha value is -2.43. The first-order valence-electron chi connectivity index (χ1n) is 8.10. The minimum atomic E-state index is 0.174. The van der Waals surface area contributed by atoms with Gasteiger partial charge in [-0.05, 0) is 49.4 Å². The van der Waals surface area contributed by atoms with Crippen LogP contribution in [0.25, 0.3) is 0 Å². The number of hydrogen-bond donors (Lipinski definition) is 1. The van der Waals surface area contributed by atoms with E-state index >= 15 is 0 Å². The number of nitrogens with one attached hydrogen (secondary N) is 1. The first-order chi connectivity index (χ1) is 11.2. The summed E-state index contributed by atoms with van der Waals surface area (Å²) in [7, 11) is 0. The second kappa shape index (κ2) is 7.22. The fourth-order valence-corrected chi connectivity index (χ4v) is 3.04. The molecule has 1 fully saturated rings. The second-order valence-corrected chi connectivity index (χ2v) is 6.03. The molecular weight excluding hydrogens is 288 g/mol. The zero-order chi connectivity index (χ0) is 16.1. The van der Waals surface area contributed by atoms with Gasteiger partial charge in [0.15, 0.2) is 0 Å². The minimum absolute atomic E-state index is 0.174. The van der Waals surface area contributed by atoms with Gasteiger partial charge in [-0.15, -0.1) is 0 Å². The third-order valence-corrected chi connectivity index (χ3v) is 4.19. The number of hydrogen-bond acceptors (Lipinski definition) is 4. The molecule has 0 saturated carbocycles. The van der Waals surface area contributed by atoms with Crippen LogP contribution in [0.4, 0.5) is 11.6 Å². The molecule has 0 bridgehead atoms. The first-order valence-corrected chi connectivity index (χ1v) is 8.10. The van der Waals surface area contributed by atoms with Gasteiger partial charge in [0.05, 0.1) is 0 Å². The Morgan fingerprint density at radius 1 is 1.26 bits per heavy atom. The molecule has 0 spiro atoms. The van der Waals surface area contributed by atoms with E-state index in [-0.39, 0.29) is 5.91 Å². The summed E-state index contributed by atoms with van der Waals surface area (Å²) in [6.45, 7) is 3.38. The maximum absolute atomic E-state index is 11.5. The predicted molar refractivity (Wildman–Crippen MR) is 90.4 cm³/mol. The summed E-state index contributed by atoms with van der Waals surface area (Å²) >= 11 is 0. The standard InChI is InChI=1S/C18H22N4O/c1-14(23)22-11-5-6-15(13-22)12-16-7-4-9-18(20-16)21-17-8-2-3-10-19-17/h2-4,7-10,15H,5-6,11-13H2,1H3,(H,19,20,21)/t15-/m1/s1. The monoisotopic (exact) mass is 310 g/mol. The fraction of sp³-hybridized carbons (Fsp3) is 0.389. The van der Waals surface area contributed by atoms with Gasteiger partial charge in [-0.2, -0.15) is 0 Å². The van der Waals surface area contributed by atoms with E-state index in [4.69, 9.17) is 0 Å². The number of carbonyl (C=O) groups is 1. The molecule has 120 valence electrons. The lowest BCUT2D eigenvalue weighted by Gasteiger charge is -2.32. The van der Waals surface area contributed by atoms with E-state index in [9.17, 15) is 4.79 Å². The molecule has 0 aromatic carbocycles. The zero-order valence-corrected chi connectivity index (χ0v) is 13.4. The molecule has 5 heteroatoms. The van der Waals surface area contributed by atoms with Crippen LogP contribution in [0, 0.1) is 5.92 Å². The molecule has 1 amide bonds.